The Bertz CT molecular complexity index is 420. The monoisotopic (exact) mass is 250 g/mol. The van der Waals surface area contributed by atoms with Crippen LogP contribution in [-0.4, -0.2) is 11.9 Å². The second-order valence-corrected chi connectivity index (χ2v) is 3.97. The number of esters is 2. The Morgan fingerprint density at radius 3 is 1.50 bits per heavy atom. The van der Waals surface area contributed by atoms with Gasteiger partial charge in [0.05, 0.1) is 0 Å². The third-order valence-electron chi connectivity index (χ3n) is 2.71. The minimum Gasteiger partial charge on any atom is -0.426 e. The van der Waals surface area contributed by atoms with E-state index in [1.54, 1.807) is 26.0 Å². The molecule has 0 unspecified atom stereocenters. The molecule has 0 aliphatic heterocycles. The molecule has 0 N–H and O–H groups in total. The first-order valence-electron chi connectivity index (χ1n) is 6.01. The smallest absolute Gasteiger partial charge is 0.310 e. The number of carbonyl (C=O) groups excluding carboxylic acids is 2. The van der Waals surface area contributed by atoms with Crippen molar-refractivity contribution in [1.29, 1.82) is 0 Å². The summed E-state index contributed by atoms with van der Waals surface area (Å²) in [7, 11) is 0. The second kappa shape index (κ2) is 6.19. The molecule has 4 nitrogen and oxygen atoms in total. The maximum absolute atomic E-state index is 11.2. The highest BCUT2D eigenvalue weighted by atomic mass is 16.5. The molecule has 0 saturated carbocycles. The molecule has 0 bridgehead atoms. The summed E-state index contributed by atoms with van der Waals surface area (Å²) in [6, 6.07) is 3.29. The van der Waals surface area contributed by atoms with E-state index in [-0.39, 0.29) is 11.9 Å². The van der Waals surface area contributed by atoms with Crippen molar-refractivity contribution in [1.82, 2.24) is 0 Å². The Morgan fingerprint density at radius 1 is 0.889 bits per heavy atom. The van der Waals surface area contributed by atoms with Crippen molar-refractivity contribution in [2.45, 2.75) is 40.5 Å². The Morgan fingerprint density at radius 2 is 1.22 bits per heavy atom. The van der Waals surface area contributed by atoms with E-state index < -0.39 is 0 Å². The second-order valence-electron chi connectivity index (χ2n) is 3.97. The lowest BCUT2D eigenvalue weighted by molar-refractivity contribution is -0.135. The number of ether oxygens (including phenoxy) is 2. The number of hydrogen-bond donors (Lipinski definition) is 0. The molecular weight excluding hydrogens is 232 g/mol. The zero-order valence-electron chi connectivity index (χ0n) is 11.2. The van der Waals surface area contributed by atoms with Gasteiger partial charge in [-0.15, -0.1) is 0 Å². The van der Waals surface area contributed by atoms with Crippen LogP contribution in [0.5, 0.6) is 11.5 Å². The lowest BCUT2D eigenvalue weighted by Crippen LogP contribution is -2.09. The van der Waals surface area contributed by atoms with Gasteiger partial charge >= 0.3 is 11.9 Å². The average Bonchev–Trinajstić information content (AvgIpc) is 2.37. The van der Waals surface area contributed by atoms with Gasteiger partial charge in [-0.3, -0.25) is 9.59 Å². The summed E-state index contributed by atoms with van der Waals surface area (Å²) in [5.41, 5.74) is 1.61. The van der Waals surface area contributed by atoms with Gasteiger partial charge in [-0.1, -0.05) is 13.8 Å². The van der Waals surface area contributed by atoms with Crippen molar-refractivity contribution >= 4 is 11.9 Å². The Labute approximate surface area is 107 Å². The molecule has 18 heavy (non-hydrogen) atoms. The van der Waals surface area contributed by atoms with Gasteiger partial charge in [0.1, 0.15) is 11.5 Å². The number of benzene rings is 1. The third-order valence-corrected chi connectivity index (χ3v) is 2.71. The molecule has 0 heterocycles. The van der Waals surface area contributed by atoms with Crippen molar-refractivity contribution < 1.29 is 19.1 Å². The highest BCUT2D eigenvalue weighted by molar-refractivity contribution is 5.74. The van der Waals surface area contributed by atoms with E-state index in [1.807, 2.05) is 13.8 Å². The van der Waals surface area contributed by atoms with Gasteiger partial charge in [0.15, 0.2) is 0 Å². The van der Waals surface area contributed by atoms with Gasteiger partial charge in [-0.25, -0.2) is 0 Å². The van der Waals surface area contributed by atoms with Crippen molar-refractivity contribution in [2.24, 2.45) is 0 Å². The van der Waals surface area contributed by atoms with Crippen LogP contribution in [0.2, 0.25) is 0 Å². The van der Waals surface area contributed by atoms with E-state index in [0.29, 0.717) is 24.3 Å². The first kappa shape index (κ1) is 14.2. The highest BCUT2D eigenvalue weighted by Gasteiger charge is 2.12. The van der Waals surface area contributed by atoms with Crippen LogP contribution in [0.25, 0.3) is 0 Å². The van der Waals surface area contributed by atoms with Gasteiger partial charge in [0.25, 0.3) is 0 Å². The van der Waals surface area contributed by atoms with Gasteiger partial charge < -0.3 is 9.47 Å². The van der Waals surface area contributed by atoms with E-state index in [2.05, 4.69) is 0 Å². The minimum absolute atomic E-state index is 0.282. The summed E-state index contributed by atoms with van der Waals surface area (Å²) in [4.78, 5) is 22.5. The normalized spacial score (nSPS) is 10.0. The first-order chi connectivity index (χ1) is 8.49. The van der Waals surface area contributed by atoms with E-state index in [9.17, 15) is 9.59 Å². The number of carbonyl (C=O) groups is 2. The molecular formula is C14H18O4. The largest absolute Gasteiger partial charge is 0.426 e. The summed E-state index contributed by atoms with van der Waals surface area (Å²) >= 11 is 0. The third kappa shape index (κ3) is 3.32. The molecule has 1 aromatic rings. The zero-order valence-corrected chi connectivity index (χ0v) is 11.2. The Kier molecular flexibility index (Phi) is 4.89. The molecule has 1 aromatic carbocycles. The SMILES string of the molecule is CCC(=O)Oc1ccc(OC(=O)CC)c(C)c1C. The summed E-state index contributed by atoms with van der Waals surface area (Å²) in [5.74, 6) is 0.456. The fourth-order valence-electron chi connectivity index (χ4n) is 1.38. The highest BCUT2D eigenvalue weighted by Crippen LogP contribution is 2.29. The lowest BCUT2D eigenvalue weighted by atomic mass is 10.1. The molecule has 4 heteroatoms. The molecule has 1 rings (SSSR count). The van der Waals surface area contributed by atoms with Gasteiger partial charge in [-0.2, -0.15) is 0 Å². The number of hydrogen-bond acceptors (Lipinski definition) is 4. The topological polar surface area (TPSA) is 52.6 Å². The zero-order chi connectivity index (χ0) is 13.7. The predicted molar refractivity (Wildman–Crippen MR) is 67.8 cm³/mol. The minimum atomic E-state index is -0.282. The fraction of sp³-hybridized carbons (Fsp3) is 0.429. The quantitative estimate of drug-likeness (QED) is 0.609. The summed E-state index contributed by atoms with van der Waals surface area (Å²) < 4.78 is 10.4. The molecule has 0 aliphatic carbocycles. The van der Waals surface area contributed by atoms with E-state index >= 15 is 0 Å². The summed E-state index contributed by atoms with van der Waals surface area (Å²) in [6.07, 6.45) is 0.649. The van der Waals surface area contributed by atoms with Crippen LogP contribution >= 0.6 is 0 Å². The van der Waals surface area contributed by atoms with E-state index in [0.717, 1.165) is 11.1 Å². The molecule has 0 radical (unpaired) electrons. The molecule has 0 atom stereocenters. The Hall–Kier alpha value is -1.84. The predicted octanol–water partition coefficient (Wildman–Crippen LogP) is 2.93. The van der Waals surface area contributed by atoms with Gasteiger partial charge in [0, 0.05) is 12.8 Å². The van der Waals surface area contributed by atoms with Crippen LogP contribution in [0, 0.1) is 13.8 Å². The fourth-order valence-corrected chi connectivity index (χ4v) is 1.38. The van der Waals surface area contributed by atoms with Crippen LogP contribution in [0.15, 0.2) is 12.1 Å². The summed E-state index contributed by atoms with van der Waals surface area (Å²) in [5, 5.41) is 0. The maximum atomic E-state index is 11.2. The molecule has 0 spiro atoms. The van der Waals surface area contributed by atoms with Crippen LogP contribution in [0.3, 0.4) is 0 Å². The van der Waals surface area contributed by atoms with Crippen LogP contribution in [0.4, 0.5) is 0 Å². The summed E-state index contributed by atoms with van der Waals surface area (Å²) in [6.45, 7) is 7.14. The van der Waals surface area contributed by atoms with Crippen molar-refractivity contribution in [3.05, 3.63) is 23.3 Å². The molecule has 0 amide bonds. The maximum Gasteiger partial charge on any atom is 0.310 e. The number of rotatable bonds is 4. The van der Waals surface area contributed by atoms with Crippen molar-refractivity contribution in [2.75, 3.05) is 0 Å². The van der Waals surface area contributed by atoms with Gasteiger partial charge in [-0.05, 0) is 37.1 Å². The van der Waals surface area contributed by atoms with Crippen LogP contribution in [0.1, 0.15) is 37.8 Å². The van der Waals surface area contributed by atoms with Crippen LogP contribution in [-0.2, 0) is 9.59 Å². The molecule has 98 valence electrons. The molecule has 0 aliphatic rings. The van der Waals surface area contributed by atoms with E-state index in [4.69, 9.17) is 9.47 Å². The Balaban J connectivity index is 2.97. The standard InChI is InChI=1S/C14H18O4/c1-5-13(15)17-11-7-8-12(10(4)9(11)3)18-14(16)6-2/h7-8H,5-6H2,1-4H3. The molecule has 0 saturated heterocycles. The lowest BCUT2D eigenvalue weighted by Gasteiger charge is -2.12. The van der Waals surface area contributed by atoms with Crippen molar-refractivity contribution in [3.63, 3.8) is 0 Å². The van der Waals surface area contributed by atoms with E-state index in [1.165, 1.54) is 0 Å². The van der Waals surface area contributed by atoms with Gasteiger partial charge in [0.2, 0.25) is 0 Å². The first-order valence-corrected chi connectivity index (χ1v) is 6.01. The van der Waals surface area contributed by atoms with Crippen molar-refractivity contribution in [3.8, 4) is 11.5 Å². The average molecular weight is 250 g/mol. The van der Waals surface area contributed by atoms with Crippen LogP contribution < -0.4 is 9.47 Å². The molecule has 0 aromatic heterocycles. The molecule has 0 fully saturated rings.